The molecule has 0 aromatic heterocycles. The van der Waals surface area contributed by atoms with Gasteiger partial charge in [0, 0.05) is 6.08 Å². The average molecular weight is 268 g/mol. The first-order valence-corrected chi connectivity index (χ1v) is 6.46. The summed E-state index contributed by atoms with van der Waals surface area (Å²) in [4.78, 5) is 11.2. The fraction of sp³-hybridized carbons (Fsp3) is 0.118. The average Bonchev–Trinajstić information content (AvgIpc) is 2.48. The smallest absolute Gasteiger partial charge is 0.330 e. The second kappa shape index (κ2) is 7.14. The zero-order valence-electron chi connectivity index (χ0n) is 11.3. The molecule has 0 aliphatic carbocycles. The Labute approximate surface area is 118 Å². The summed E-state index contributed by atoms with van der Waals surface area (Å²) in [5.74, 6) is 1.21. The van der Waals surface area contributed by atoms with Crippen molar-refractivity contribution in [3.8, 4) is 11.5 Å². The van der Waals surface area contributed by atoms with E-state index in [4.69, 9.17) is 9.47 Å². The van der Waals surface area contributed by atoms with E-state index in [9.17, 15) is 4.79 Å². The maximum Gasteiger partial charge on any atom is 0.330 e. The fourth-order valence-corrected chi connectivity index (χ4v) is 1.63. The third-order valence-corrected chi connectivity index (χ3v) is 2.56. The molecule has 102 valence electrons. The van der Waals surface area contributed by atoms with Crippen molar-refractivity contribution in [2.24, 2.45) is 0 Å². The summed E-state index contributed by atoms with van der Waals surface area (Å²) in [6.07, 6.45) is 3.13. The highest BCUT2D eigenvalue weighted by atomic mass is 16.5. The maximum absolute atomic E-state index is 11.2. The Hall–Kier alpha value is -2.55. The molecule has 20 heavy (non-hydrogen) atoms. The lowest BCUT2D eigenvalue weighted by molar-refractivity contribution is -0.137. The minimum absolute atomic E-state index is 0.336. The molecule has 0 aliphatic rings. The highest BCUT2D eigenvalue weighted by Gasteiger charge is 1.97. The van der Waals surface area contributed by atoms with Gasteiger partial charge in [-0.1, -0.05) is 30.3 Å². The summed E-state index contributed by atoms with van der Waals surface area (Å²) in [5, 5.41) is 0. The molecule has 2 rings (SSSR count). The molecule has 0 saturated carbocycles. The Balaban J connectivity index is 1.98. The van der Waals surface area contributed by atoms with Crippen LogP contribution in [0.4, 0.5) is 0 Å². The van der Waals surface area contributed by atoms with Gasteiger partial charge in [0.1, 0.15) is 11.5 Å². The first-order valence-electron chi connectivity index (χ1n) is 6.46. The summed E-state index contributed by atoms with van der Waals surface area (Å²) >= 11 is 0. The van der Waals surface area contributed by atoms with Crippen LogP contribution in [0.2, 0.25) is 0 Å². The van der Waals surface area contributed by atoms with Gasteiger partial charge in [0.25, 0.3) is 0 Å². The van der Waals surface area contributed by atoms with Crippen LogP contribution < -0.4 is 4.74 Å². The van der Waals surface area contributed by atoms with E-state index in [-0.39, 0.29) is 5.97 Å². The van der Waals surface area contributed by atoms with Gasteiger partial charge in [0.15, 0.2) is 0 Å². The highest BCUT2D eigenvalue weighted by Crippen LogP contribution is 2.21. The summed E-state index contributed by atoms with van der Waals surface area (Å²) in [6, 6.07) is 17.1. The molecule has 0 radical (unpaired) electrons. The van der Waals surface area contributed by atoms with Gasteiger partial charge in [-0.3, -0.25) is 0 Å². The van der Waals surface area contributed by atoms with Crippen molar-refractivity contribution in [1.29, 1.82) is 0 Å². The second-order valence-electron chi connectivity index (χ2n) is 4.07. The molecule has 0 unspecified atom stereocenters. The van der Waals surface area contributed by atoms with Crippen LogP contribution >= 0.6 is 0 Å². The number of benzene rings is 2. The van der Waals surface area contributed by atoms with Gasteiger partial charge in [-0.05, 0) is 42.8 Å². The zero-order chi connectivity index (χ0) is 14.2. The van der Waals surface area contributed by atoms with Crippen molar-refractivity contribution >= 4 is 12.0 Å². The van der Waals surface area contributed by atoms with E-state index in [1.54, 1.807) is 13.0 Å². The molecule has 3 nitrogen and oxygen atoms in total. The number of rotatable bonds is 5. The van der Waals surface area contributed by atoms with E-state index in [0.717, 1.165) is 17.1 Å². The van der Waals surface area contributed by atoms with Gasteiger partial charge >= 0.3 is 5.97 Å². The van der Waals surface area contributed by atoms with Crippen LogP contribution in [0, 0.1) is 0 Å². The highest BCUT2D eigenvalue weighted by molar-refractivity contribution is 5.87. The van der Waals surface area contributed by atoms with E-state index in [1.807, 2.05) is 54.6 Å². The normalized spacial score (nSPS) is 10.4. The van der Waals surface area contributed by atoms with Gasteiger partial charge in [-0.25, -0.2) is 4.79 Å². The molecule has 2 aromatic rings. The van der Waals surface area contributed by atoms with Gasteiger partial charge in [-0.2, -0.15) is 0 Å². The molecular weight excluding hydrogens is 252 g/mol. The summed E-state index contributed by atoms with van der Waals surface area (Å²) < 4.78 is 10.5. The molecule has 0 atom stereocenters. The van der Waals surface area contributed by atoms with Crippen LogP contribution in [0.3, 0.4) is 0 Å². The van der Waals surface area contributed by atoms with Gasteiger partial charge in [0.2, 0.25) is 0 Å². The van der Waals surface area contributed by atoms with Crippen molar-refractivity contribution in [2.45, 2.75) is 6.92 Å². The van der Waals surface area contributed by atoms with Gasteiger partial charge < -0.3 is 9.47 Å². The van der Waals surface area contributed by atoms with Crippen molar-refractivity contribution in [3.63, 3.8) is 0 Å². The van der Waals surface area contributed by atoms with Crippen molar-refractivity contribution in [3.05, 3.63) is 66.2 Å². The zero-order valence-corrected chi connectivity index (χ0v) is 11.3. The van der Waals surface area contributed by atoms with Crippen molar-refractivity contribution in [2.75, 3.05) is 6.61 Å². The third-order valence-electron chi connectivity index (χ3n) is 2.56. The first-order chi connectivity index (χ1) is 9.78. The molecule has 0 bridgehead atoms. The summed E-state index contributed by atoms with van der Waals surface area (Å²) in [7, 11) is 0. The van der Waals surface area contributed by atoms with Crippen LogP contribution in [0.15, 0.2) is 60.7 Å². The van der Waals surface area contributed by atoms with Crippen LogP contribution in [-0.2, 0) is 9.53 Å². The van der Waals surface area contributed by atoms with Crippen LogP contribution in [0.1, 0.15) is 12.5 Å². The topological polar surface area (TPSA) is 35.5 Å². The van der Waals surface area contributed by atoms with E-state index in [0.29, 0.717) is 6.61 Å². The first kappa shape index (κ1) is 13.9. The molecule has 0 amide bonds. The van der Waals surface area contributed by atoms with Crippen LogP contribution in [0.5, 0.6) is 11.5 Å². The molecule has 0 spiro atoms. The minimum Gasteiger partial charge on any atom is -0.463 e. The lowest BCUT2D eigenvalue weighted by Crippen LogP contribution is -1.98. The van der Waals surface area contributed by atoms with Crippen molar-refractivity contribution < 1.29 is 14.3 Å². The second-order valence-corrected chi connectivity index (χ2v) is 4.07. The Morgan fingerprint density at radius 2 is 1.65 bits per heavy atom. The SMILES string of the molecule is CCOC(=O)C=Cc1ccc(Oc2ccccc2)cc1. The Morgan fingerprint density at radius 3 is 2.30 bits per heavy atom. The molecule has 0 N–H and O–H groups in total. The van der Waals surface area contributed by atoms with E-state index in [1.165, 1.54) is 6.08 Å². The van der Waals surface area contributed by atoms with Crippen LogP contribution in [0.25, 0.3) is 6.08 Å². The van der Waals surface area contributed by atoms with E-state index in [2.05, 4.69) is 0 Å². The Bertz CT molecular complexity index is 571. The largest absolute Gasteiger partial charge is 0.463 e. The minimum atomic E-state index is -0.336. The van der Waals surface area contributed by atoms with E-state index >= 15 is 0 Å². The Kier molecular flexibility index (Phi) is 4.95. The predicted molar refractivity (Wildman–Crippen MR) is 78.6 cm³/mol. The number of hydrogen-bond donors (Lipinski definition) is 0. The quantitative estimate of drug-likeness (QED) is 0.606. The Morgan fingerprint density at radius 1 is 1.00 bits per heavy atom. The molecule has 0 heterocycles. The lowest BCUT2D eigenvalue weighted by atomic mass is 10.2. The molecule has 0 fully saturated rings. The number of para-hydroxylation sites is 1. The molecule has 0 aliphatic heterocycles. The maximum atomic E-state index is 11.2. The standard InChI is InChI=1S/C17H16O3/c1-2-19-17(18)13-10-14-8-11-16(12-9-14)20-15-6-4-3-5-7-15/h3-13H,2H2,1H3. The van der Waals surface area contributed by atoms with Gasteiger partial charge in [0.05, 0.1) is 6.61 Å². The summed E-state index contributed by atoms with van der Waals surface area (Å²) in [5.41, 5.74) is 0.915. The number of ether oxygens (including phenoxy) is 2. The van der Waals surface area contributed by atoms with E-state index < -0.39 is 0 Å². The van der Waals surface area contributed by atoms with Crippen molar-refractivity contribution in [1.82, 2.24) is 0 Å². The number of carbonyl (C=O) groups is 1. The lowest BCUT2D eigenvalue weighted by Gasteiger charge is -2.05. The monoisotopic (exact) mass is 268 g/mol. The van der Waals surface area contributed by atoms with Gasteiger partial charge in [-0.15, -0.1) is 0 Å². The number of carbonyl (C=O) groups excluding carboxylic acids is 1. The number of esters is 1. The molecular formula is C17H16O3. The predicted octanol–water partition coefficient (Wildman–Crippen LogP) is 4.06. The molecule has 2 aromatic carbocycles. The third kappa shape index (κ3) is 4.28. The summed E-state index contributed by atoms with van der Waals surface area (Å²) in [6.45, 7) is 2.16. The fourth-order valence-electron chi connectivity index (χ4n) is 1.63. The number of hydrogen-bond acceptors (Lipinski definition) is 3. The molecule has 0 saturated heterocycles. The molecule has 3 heteroatoms. The van der Waals surface area contributed by atoms with Crippen LogP contribution in [-0.4, -0.2) is 12.6 Å².